The molecule has 0 atom stereocenters. The molecular formula is C11H11ClN2O2. The van der Waals surface area contributed by atoms with Crippen LogP contribution in [-0.2, 0) is 6.54 Å². The molecule has 1 aromatic carbocycles. The Bertz CT molecular complexity index is 592. The van der Waals surface area contributed by atoms with Gasteiger partial charge in [-0.3, -0.25) is 4.79 Å². The Hall–Kier alpha value is -1.52. The lowest BCUT2D eigenvalue weighted by Gasteiger charge is -2.06. The fourth-order valence-corrected chi connectivity index (χ4v) is 1.80. The van der Waals surface area contributed by atoms with E-state index in [1.807, 2.05) is 0 Å². The Morgan fingerprint density at radius 2 is 2.19 bits per heavy atom. The van der Waals surface area contributed by atoms with Crippen LogP contribution in [0.5, 0.6) is 5.75 Å². The van der Waals surface area contributed by atoms with E-state index < -0.39 is 0 Å². The SMILES string of the molecule is COc1cc2cc(CN)c(=O)[nH]c2cc1Cl. The predicted molar refractivity (Wildman–Crippen MR) is 64.0 cm³/mol. The van der Waals surface area contributed by atoms with E-state index in [-0.39, 0.29) is 12.1 Å². The average molecular weight is 239 g/mol. The molecule has 0 saturated carbocycles. The molecule has 16 heavy (non-hydrogen) atoms. The van der Waals surface area contributed by atoms with E-state index in [0.717, 1.165) is 5.39 Å². The van der Waals surface area contributed by atoms with Crippen molar-refractivity contribution in [3.8, 4) is 5.75 Å². The standard InChI is InChI=1S/C11H11ClN2O2/c1-16-10-3-6-2-7(5-13)11(15)14-9(6)4-8(10)12/h2-4H,5,13H2,1H3,(H,14,15). The van der Waals surface area contributed by atoms with Crippen LogP contribution in [0.25, 0.3) is 10.9 Å². The van der Waals surface area contributed by atoms with Crippen LogP contribution >= 0.6 is 11.6 Å². The van der Waals surface area contributed by atoms with Gasteiger partial charge >= 0.3 is 0 Å². The summed E-state index contributed by atoms with van der Waals surface area (Å²) in [6, 6.07) is 5.18. The highest BCUT2D eigenvalue weighted by atomic mass is 35.5. The Balaban J connectivity index is 2.77. The molecule has 0 amide bonds. The number of pyridine rings is 1. The van der Waals surface area contributed by atoms with Gasteiger partial charge < -0.3 is 15.5 Å². The van der Waals surface area contributed by atoms with Crippen molar-refractivity contribution in [2.45, 2.75) is 6.54 Å². The second-order valence-electron chi connectivity index (χ2n) is 3.40. The number of benzene rings is 1. The van der Waals surface area contributed by atoms with Crippen molar-refractivity contribution in [3.63, 3.8) is 0 Å². The molecule has 1 heterocycles. The first-order chi connectivity index (χ1) is 7.65. The summed E-state index contributed by atoms with van der Waals surface area (Å²) in [5, 5.41) is 1.31. The molecule has 0 spiro atoms. The van der Waals surface area contributed by atoms with Crippen molar-refractivity contribution in [1.29, 1.82) is 0 Å². The molecule has 0 unspecified atom stereocenters. The van der Waals surface area contributed by atoms with Crippen molar-refractivity contribution in [2.75, 3.05) is 7.11 Å². The average Bonchev–Trinajstić information content (AvgIpc) is 2.27. The van der Waals surface area contributed by atoms with Gasteiger partial charge in [-0.1, -0.05) is 11.6 Å². The number of hydrogen-bond donors (Lipinski definition) is 2. The summed E-state index contributed by atoms with van der Waals surface area (Å²) in [7, 11) is 1.54. The van der Waals surface area contributed by atoms with Gasteiger partial charge in [-0.05, 0) is 18.2 Å². The number of H-pyrrole nitrogens is 1. The van der Waals surface area contributed by atoms with Gasteiger partial charge in [0.2, 0.25) is 0 Å². The minimum Gasteiger partial charge on any atom is -0.495 e. The molecule has 4 nitrogen and oxygen atoms in total. The number of methoxy groups -OCH3 is 1. The third-order valence-corrected chi connectivity index (χ3v) is 2.71. The van der Waals surface area contributed by atoms with Crippen LogP contribution in [0.4, 0.5) is 0 Å². The summed E-state index contributed by atoms with van der Waals surface area (Å²) in [6.45, 7) is 0.205. The monoisotopic (exact) mass is 238 g/mol. The van der Waals surface area contributed by atoms with Crippen LogP contribution in [0.3, 0.4) is 0 Å². The molecule has 3 N–H and O–H groups in total. The van der Waals surface area contributed by atoms with Crippen LogP contribution in [0.2, 0.25) is 5.02 Å². The van der Waals surface area contributed by atoms with Gasteiger partial charge in [0.15, 0.2) is 0 Å². The molecule has 0 aliphatic heterocycles. The van der Waals surface area contributed by atoms with Gasteiger partial charge in [0.25, 0.3) is 5.56 Å². The highest BCUT2D eigenvalue weighted by Gasteiger charge is 2.06. The number of rotatable bonds is 2. The summed E-state index contributed by atoms with van der Waals surface area (Å²) in [5.74, 6) is 0.573. The first-order valence-corrected chi connectivity index (χ1v) is 5.13. The molecule has 5 heteroatoms. The van der Waals surface area contributed by atoms with Gasteiger partial charge in [0.05, 0.1) is 17.6 Å². The number of fused-ring (bicyclic) bond motifs is 1. The highest BCUT2D eigenvalue weighted by Crippen LogP contribution is 2.28. The van der Waals surface area contributed by atoms with Crippen LogP contribution in [-0.4, -0.2) is 12.1 Å². The van der Waals surface area contributed by atoms with Crippen LogP contribution in [0.1, 0.15) is 5.56 Å². The van der Waals surface area contributed by atoms with E-state index in [4.69, 9.17) is 22.1 Å². The molecule has 2 aromatic rings. The lowest BCUT2D eigenvalue weighted by molar-refractivity contribution is 0.415. The smallest absolute Gasteiger partial charge is 0.252 e. The van der Waals surface area contributed by atoms with E-state index in [9.17, 15) is 4.79 Å². The first-order valence-electron chi connectivity index (χ1n) is 4.75. The summed E-state index contributed by atoms with van der Waals surface area (Å²) >= 11 is 5.96. The fourth-order valence-electron chi connectivity index (χ4n) is 1.56. The van der Waals surface area contributed by atoms with Crippen molar-refractivity contribution < 1.29 is 4.74 Å². The fraction of sp³-hybridized carbons (Fsp3) is 0.182. The molecule has 1 aromatic heterocycles. The van der Waals surface area contributed by atoms with Crippen molar-refractivity contribution in [1.82, 2.24) is 4.98 Å². The van der Waals surface area contributed by atoms with Crippen LogP contribution in [0.15, 0.2) is 23.0 Å². The predicted octanol–water partition coefficient (Wildman–Crippen LogP) is 1.65. The Labute approximate surface area is 97.0 Å². The quantitative estimate of drug-likeness (QED) is 0.836. The van der Waals surface area contributed by atoms with Gasteiger partial charge in [0, 0.05) is 17.5 Å². The Morgan fingerprint density at radius 1 is 1.44 bits per heavy atom. The summed E-state index contributed by atoms with van der Waals surface area (Å²) < 4.78 is 5.10. The number of ether oxygens (including phenoxy) is 1. The molecule has 0 aliphatic rings. The van der Waals surface area contributed by atoms with E-state index in [1.165, 1.54) is 0 Å². The number of nitrogens with one attached hydrogen (secondary N) is 1. The molecule has 2 rings (SSSR count). The molecule has 0 fully saturated rings. The normalized spacial score (nSPS) is 10.7. The molecule has 0 aliphatic carbocycles. The maximum atomic E-state index is 11.5. The lowest BCUT2D eigenvalue weighted by atomic mass is 10.1. The van der Waals surface area contributed by atoms with Gasteiger partial charge in [-0.15, -0.1) is 0 Å². The number of halogens is 1. The minimum atomic E-state index is -0.184. The Kier molecular flexibility index (Phi) is 2.85. The zero-order chi connectivity index (χ0) is 11.7. The summed E-state index contributed by atoms with van der Waals surface area (Å²) in [5.41, 5.74) is 6.49. The largest absolute Gasteiger partial charge is 0.495 e. The lowest BCUT2D eigenvalue weighted by Crippen LogP contribution is -2.15. The van der Waals surface area contributed by atoms with E-state index in [0.29, 0.717) is 21.9 Å². The number of nitrogens with two attached hydrogens (primary N) is 1. The van der Waals surface area contributed by atoms with Gasteiger partial charge in [-0.2, -0.15) is 0 Å². The summed E-state index contributed by atoms with van der Waals surface area (Å²) in [6.07, 6.45) is 0. The van der Waals surface area contributed by atoms with Crippen molar-refractivity contribution in [2.24, 2.45) is 5.73 Å². The van der Waals surface area contributed by atoms with E-state index in [1.54, 1.807) is 25.3 Å². The van der Waals surface area contributed by atoms with Crippen LogP contribution in [0, 0.1) is 0 Å². The van der Waals surface area contributed by atoms with Gasteiger partial charge in [-0.25, -0.2) is 0 Å². The van der Waals surface area contributed by atoms with Crippen LogP contribution < -0.4 is 16.0 Å². The number of hydrogen-bond acceptors (Lipinski definition) is 3. The molecule has 84 valence electrons. The second-order valence-corrected chi connectivity index (χ2v) is 3.81. The van der Waals surface area contributed by atoms with Crippen molar-refractivity contribution in [3.05, 3.63) is 39.1 Å². The highest BCUT2D eigenvalue weighted by molar-refractivity contribution is 6.32. The third kappa shape index (κ3) is 1.77. The first kappa shape index (κ1) is 11.0. The maximum Gasteiger partial charge on any atom is 0.252 e. The third-order valence-electron chi connectivity index (χ3n) is 2.41. The van der Waals surface area contributed by atoms with Crippen molar-refractivity contribution >= 4 is 22.5 Å². The molecule has 0 saturated heterocycles. The van der Waals surface area contributed by atoms with E-state index >= 15 is 0 Å². The topological polar surface area (TPSA) is 68.1 Å². The molecule has 0 bridgehead atoms. The van der Waals surface area contributed by atoms with Gasteiger partial charge in [0.1, 0.15) is 5.75 Å². The van der Waals surface area contributed by atoms with E-state index in [2.05, 4.69) is 4.98 Å². The number of aromatic amines is 1. The minimum absolute atomic E-state index is 0.184. The molecular weight excluding hydrogens is 228 g/mol. The Morgan fingerprint density at radius 3 is 2.81 bits per heavy atom. The number of aromatic nitrogens is 1. The zero-order valence-corrected chi connectivity index (χ0v) is 9.47. The second kappa shape index (κ2) is 4.15. The summed E-state index contributed by atoms with van der Waals surface area (Å²) in [4.78, 5) is 14.2. The maximum absolute atomic E-state index is 11.5. The zero-order valence-electron chi connectivity index (χ0n) is 8.71. The molecule has 0 radical (unpaired) electrons.